The maximum atomic E-state index is 12.2. The van der Waals surface area contributed by atoms with Crippen molar-refractivity contribution in [3.8, 4) is 11.1 Å². The van der Waals surface area contributed by atoms with Gasteiger partial charge in [-0.25, -0.2) is 14.4 Å². The van der Waals surface area contributed by atoms with Crippen LogP contribution in [-0.2, 0) is 6.54 Å². The van der Waals surface area contributed by atoms with Gasteiger partial charge in [0.05, 0.1) is 24.9 Å². The number of benzene rings is 2. The predicted octanol–water partition coefficient (Wildman–Crippen LogP) is 3.04. The molecule has 0 unspecified atom stereocenters. The molecule has 0 saturated carbocycles. The van der Waals surface area contributed by atoms with Crippen molar-refractivity contribution in [3.05, 3.63) is 72.1 Å². The highest BCUT2D eigenvalue weighted by molar-refractivity contribution is 5.93. The predicted molar refractivity (Wildman–Crippen MR) is 117 cm³/mol. The largest absolute Gasteiger partial charge is 0.395 e. The Balaban J connectivity index is 0.000000269. The molecule has 2 aromatic carbocycles. The molecule has 0 aliphatic rings. The molecule has 156 valence electrons. The van der Waals surface area contributed by atoms with Crippen LogP contribution in [0.15, 0.2) is 54.9 Å². The smallest absolute Gasteiger partial charge is 0.144 e. The van der Waals surface area contributed by atoms with Crippen LogP contribution in [0.25, 0.3) is 22.0 Å². The molecular weight excluding hydrogens is 383 g/mol. The fourth-order valence-electron chi connectivity index (χ4n) is 2.99. The van der Waals surface area contributed by atoms with E-state index >= 15 is 0 Å². The summed E-state index contributed by atoms with van der Waals surface area (Å²) in [4.78, 5) is 10.9. The van der Waals surface area contributed by atoms with Crippen molar-refractivity contribution in [2.45, 2.75) is 13.5 Å². The minimum absolute atomic E-state index is 0.0569. The first-order chi connectivity index (χ1) is 14.5. The number of likely N-dealkylation sites (N-methyl/N-ethyl adjacent to an activating group) is 1. The minimum atomic E-state index is -0.162. The number of aromatic amines is 1. The molecule has 8 heteroatoms. The van der Waals surface area contributed by atoms with E-state index in [9.17, 15) is 9.50 Å². The number of nitrogens with zero attached hydrogens (tertiary/aromatic N) is 4. The highest BCUT2D eigenvalue weighted by Crippen LogP contribution is 2.28. The highest BCUT2D eigenvalue weighted by atomic mass is 19.1. The van der Waals surface area contributed by atoms with E-state index in [0.717, 1.165) is 33.4 Å². The first kappa shape index (κ1) is 21.4. The van der Waals surface area contributed by atoms with E-state index in [1.54, 1.807) is 12.3 Å². The average molecular weight is 408 g/mol. The van der Waals surface area contributed by atoms with Crippen molar-refractivity contribution in [1.29, 1.82) is 0 Å². The van der Waals surface area contributed by atoms with E-state index in [2.05, 4.69) is 20.2 Å². The van der Waals surface area contributed by atoms with Crippen molar-refractivity contribution in [3.63, 3.8) is 0 Å². The molecular formula is C22H25FN6O. The van der Waals surface area contributed by atoms with Crippen LogP contribution < -0.4 is 10.6 Å². The van der Waals surface area contributed by atoms with Gasteiger partial charge in [0.1, 0.15) is 17.5 Å². The average Bonchev–Trinajstić information content (AvgIpc) is 3.28. The van der Waals surface area contributed by atoms with E-state index < -0.39 is 0 Å². The monoisotopic (exact) mass is 408 g/mol. The topological polar surface area (TPSA) is 104 Å². The van der Waals surface area contributed by atoms with E-state index in [1.165, 1.54) is 12.1 Å². The normalized spacial score (nSPS) is 10.6. The fraction of sp³-hybridized carbons (Fsp3) is 0.227. The summed E-state index contributed by atoms with van der Waals surface area (Å²) in [6.45, 7) is 2.69. The summed E-state index contributed by atoms with van der Waals surface area (Å²) >= 11 is 0. The number of aliphatic hydroxyl groups is 1. The lowest BCUT2D eigenvalue weighted by atomic mass is 10.1. The molecule has 2 aromatic heterocycles. The molecule has 0 amide bonds. The zero-order valence-electron chi connectivity index (χ0n) is 17.0. The van der Waals surface area contributed by atoms with Crippen LogP contribution in [0.3, 0.4) is 0 Å². The van der Waals surface area contributed by atoms with Gasteiger partial charge in [-0.1, -0.05) is 18.2 Å². The van der Waals surface area contributed by atoms with E-state index in [-0.39, 0.29) is 19.0 Å². The summed E-state index contributed by atoms with van der Waals surface area (Å²) in [6, 6.07) is 12.5. The zero-order valence-corrected chi connectivity index (χ0v) is 17.0. The van der Waals surface area contributed by atoms with Gasteiger partial charge >= 0.3 is 0 Å². The quantitative estimate of drug-likeness (QED) is 0.469. The van der Waals surface area contributed by atoms with Crippen LogP contribution in [0, 0.1) is 12.7 Å². The number of hydrogen-bond acceptors (Lipinski definition) is 6. The summed E-state index contributed by atoms with van der Waals surface area (Å²) in [6.07, 6.45) is 3.61. The van der Waals surface area contributed by atoms with Crippen LogP contribution in [0.4, 0.5) is 10.2 Å². The lowest BCUT2D eigenvalue weighted by molar-refractivity contribution is 0.304. The molecule has 4 aromatic rings. The van der Waals surface area contributed by atoms with Gasteiger partial charge in [0.15, 0.2) is 0 Å². The van der Waals surface area contributed by atoms with Gasteiger partial charge < -0.3 is 15.7 Å². The Bertz CT molecular complexity index is 1080. The Morgan fingerprint density at radius 1 is 1.13 bits per heavy atom. The molecule has 30 heavy (non-hydrogen) atoms. The van der Waals surface area contributed by atoms with Gasteiger partial charge in [0.25, 0.3) is 0 Å². The van der Waals surface area contributed by atoms with Crippen molar-refractivity contribution in [2.24, 2.45) is 5.73 Å². The molecule has 4 N–H and O–H groups in total. The fourth-order valence-corrected chi connectivity index (χ4v) is 2.99. The number of rotatable bonds is 5. The Morgan fingerprint density at radius 3 is 2.57 bits per heavy atom. The van der Waals surface area contributed by atoms with Crippen molar-refractivity contribution in [1.82, 2.24) is 20.2 Å². The molecule has 2 heterocycles. The number of hydrogen-bond donors (Lipinski definition) is 3. The van der Waals surface area contributed by atoms with E-state index in [0.29, 0.717) is 12.4 Å². The summed E-state index contributed by atoms with van der Waals surface area (Å²) < 4.78 is 12.2. The van der Waals surface area contributed by atoms with Crippen molar-refractivity contribution >= 4 is 16.7 Å². The first-order valence-corrected chi connectivity index (χ1v) is 9.56. The third-order valence-corrected chi connectivity index (χ3v) is 4.51. The molecule has 4 rings (SSSR count). The van der Waals surface area contributed by atoms with Crippen LogP contribution in [0.2, 0.25) is 0 Å². The number of fused-ring (bicyclic) bond motifs is 1. The molecule has 0 saturated heterocycles. The molecule has 0 spiro atoms. The van der Waals surface area contributed by atoms with Crippen molar-refractivity contribution < 1.29 is 9.50 Å². The summed E-state index contributed by atoms with van der Waals surface area (Å²) in [5.74, 6) is 1.19. The number of nitrogens with one attached hydrogen (secondary N) is 1. The first-order valence-electron chi connectivity index (χ1n) is 9.56. The number of anilines is 1. The highest BCUT2D eigenvalue weighted by Gasteiger charge is 2.12. The van der Waals surface area contributed by atoms with Gasteiger partial charge in [0, 0.05) is 30.7 Å². The number of aryl methyl sites for hydroxylation is 1. The Labute approximate surface area is 174 Å². The standard InChI is InChI=1S/C15H18N6O.C7H7F/c1-21(4-5-22)15-12-6-10(11-8-17-18-9-11)2-3-13(12)19-14(7-16)20-15;1-6-3-2-4-7(8)5-6/h2-3,6,8-9,22H,4-5,7,16H2,1H3,(H,17,18);2-5H,1H3. The van der Waals surface area contributed by atoms with Crippen LogP contribution in [0.5, 0.6) is 0 Å². The number of H-pyrrole nitrogens is 1. The van der Waals surface area contributed by atoms with Gasteiger partial charge in [-0.2, -0.15) is 5.10 Å². The zero-order chi connectivity index (χ0) is 21.5. The molecule has 0 aliphatic heterocycles. The van der Waals surface area contributed by atoms with Crippen molar-refractivity contribution in [2.75, 3.05) is 25.1 Å². The van der Waals surface area contributed by atoms with Gasteiger partial charge in [-0.15, -0.1) is 0 Å². The second-order valence-electron chi connectivity index (χ2n) is 6.83. The van der Waals surface area contributed by atoms with Crippen LogP contribution >= 0.6 is 0 Å². The van der Waals surface area contributed by atoms with E-state index in [1.807, 2.05) is 49.3 Å². The third kappa shape index (κ3) is 5.16. The third-order valence-electron chi connectivity index (χ3n) is 4.51. The number of aromatic nitrogens is 4. The number of nitrogens with two attached hydrogens (primary N) is 1. The molecule has 0 atom stereocenters. The van der Waals surface area contributed by atoms with Gasteiger partial charge in [-0.3, -0.25) is 5.10 Å². The number of halogens is 1. The summed E-state index contributed by atoms with van der Waals surface area (Å²) in [7, 11) is 1.89. The SMILES string of the molecule is CN(CCO)c1nc(CN)nc2ccc(-c3cn[nH]c3)cc12.Cc1cccc(F)c1. The lowest BCUT2D eigenvalue weighted by Gasteiger charge is -2.19. The Kier molecular flexibility index (Phi) is 7.05. The maximum Gasteiger partial charge on any atom is 0.144 e. The minimum Gasteiger partial charge on any atom is -0.395 e. The Hall–Kier alpha value is -3.36. The number of aliphatic hydroxyl groups excluding tert-OH is 1. The molecule has 7 nitrogen and oxygen atoms in total. The second-order valence-corrected chi connectivity index (χ2v) is 6.83. The van der Waals surface area contributed by atoms with E-state index in [4.69, 9.17) is 5.73 Å². The van der Waals surface area contributed by atoms with Crippen LogP contribution in [0.1, 0.15) is 11.4 Å². The Morgan fingerprint density at radius 2 is 1.97 bits per heavy atom. The van der Waals surface area contributed by atoms with Gasteiger partial charge in [0.2, 0.25) is 0 Å². The maximum absolute atomic E-state index is 12.2. The molecule has 0 radical (unpaired) electrons. The summed E-state index contributed by atoms with van der Waals surface area (Å²) in [5.41, 5.74) is 9.52. The molecule has 0 fully saturated rings. The lowest BCUT2D eigenvalue weighted by Crippen LogP contribution is -2.23. The molecule has 0 bridgehead atoms. The van der Waals surface area contributed by atoms with Gasteiger partial charge in [-0.05, 0) is 42.3 Å². The van der Waals surface area contributed by atoms with Crippen LogP contribution in [-0.4, -0.2) is 45.5 Å². The second kappa shape index (κ2) is 9.91. The summed E-state index contributed by atoms with van der Waals surface area (Å²) in [5, 5.41) is 16.9. The molecule has 0 aliphatic carbocycles.